The van der Waals surface area contributed by atoms with E-state index in [2.05, 4.69) is 6.58 Å². The summed E-state index contributed by atoms with van der Waals surface area (Å²) in [5.41, 5.74) is -3.70. The average Bonchev–Trinajstić information content (AvgIpc) is 2.88. The van der Waals surface area contributed by atoms with Crippen LogP contribution in [0.15, 0.2) is 12.2 Å². The average molecular weight is 294 g/mol. The second-order valence-electron chi connectivity index (χ2n) is 5.39. The number of carbonyl (C=O) groups excluding carboxylic acids is 2. The van der Waals surface area contributed by atoms with Gasteiger partial charge in [0.05, 0.1) is 0 Å². The molecule has 1 saturated heterocycles. The zero-order valence-corrected chi connectivity index (χ0v) is 10.1. The molecule has 0 aromatic rings. The van der Waals surface area contributed by atoms with Crippen LogP contribution in [0.3, 0.4) is 0 Å². The normalized spacial score (nSPS) is 41.7. The molecule has 2 aliphatic carbocycles. The van der Waals surface area contributed by atoms with Crippen molar-refractivity contribution in [1.29, 1.82) is 0 Å². The van der Waals surface area contributed by atoms with Crippen molar-refractivity contribution in [2.75, 3.05) is 0 Å². The van der Waals surface area contributed by atoms with Crippen molar-refractivity contribution in [1.82, 2.24) is 0 Å². The van der Waals surface area contributed by atoms with Gasteiger partial charge in [0.15, 0.2) is 0 Å². The molecule has 2 saturated carbocycles. The topological polar surface area (TPSA) is 52.6 Å². The van der Waals surface area contributed by atoms with E-state index in [-0.39, 0.29) is 12.8 Å². The molecule has 8 heteroatoms. The molecule has 5 atom stereocenters. The van der Waals surface area contributed by atoms with Gasteiger partial charge in [0.25, 0.3) is 0 Å². The Hall–Kier alpha value is -1.60. The molecular weight excluding hydrogens is 284 g/mol. The summed E-state index contributed by atoms with van der Waals surface area (Å²) in [7, 11) is 0. The van der Waals surface area contributed by atoms with E-state index in [0.29, 0.717) is 0 Å². The Labute approximate surface area is 110 Å². The van der Waals surface area contributed by atoms with E-state index in [4.69, 9.17) is 9.47 Å². The lowest BCUT2D eigenvalue weighted by molar-refractivity contribution is -0.165. The van der Waals surface area contributed by atoms with E-state index < -0.39 is 53.4 Å². The fraction of sp³-hybridized carbons (Fsp3) is 0.667. The molecule has 3 fully saturated rings. The van der Waals surface area contributed by atoms with Crippen molar-refractivity contribution in [3.8, 4) is 0 Å². The van der Waals surface area contributed by atoms with E-state index in [1.54, 1.807) is 0 Å². The summed E-state index contributed by atoms with van der Waals surface area (Å²) in [6.07, 6.45) is -6.81. The van der Waals surface area contributed by atoms with Crippen LogP contribution >= 0.6 is 0 Å². The number of carbonyl (C=O) groups is 2. The Kier molecular flexibility index (Phi) is 2.50. The molecule has 3 rings (SSSR count). The van der Waals surface area contributed by atoms with Crippen LogP contribution in [0.25, 0.3) is 0 Å². The maximum Gasteiger partial charge on any atom is 0.422 e. The number of hydrogen-bond donors (Lipinski definition) is 0. The molecule has 5 unspecified atom stereocenters. The molecule has 0 aromatic heterocycles. The summed E-state index contributed by atoms with van der Waals surface area (Å²) in [5.74, 6) is -3.85. The molecule has 0 spiro atoms. The van der Waals surface area contributed by atoms with Gasteiger partial charge in [-0.15, -0.1) is 0 Å². The number of fused-ring (bicyclic) bond motifs is 1. The van der Waals surface area contributed by atoms with Gasteiger partial charge >= 0.3 is 18.1 Å². The third-order valence-electron chi connectivity index (χ3n) is 4.30. The van der Waals surface area contributed by atoms with Crippen molar-refractivity contribution in [2.24, 2.45) is 11.8 Å². The fourth-order valence-electron chi connectivity index (χ4n) is 3.35. The molecule has 110 valence electrons. The molecule has 3 aliphatic rings. The highest BCUT2D eigenvalue weighted by Gasteiger charge is 2.72. The minimum atomic E-state index is -4.88. The summed E-state index contributed by atoms with van der Waals surface area (Å²) in [6, 6.07) is 0. The second-order valence-corrected chi connectivity index (χ2v) is 5.39. The van der Waals surface area contributed by atoms with Crippen molar-refractivity contribution in [3.63, 3.8) is 0 Å². The van der Waals surface area contributed by atoms with Gasteiger partial charge in [-0.25, -0.2) is 14.0 Å². The Morgan fingerprint density at radius 2 is 2.10 bits per heavy atom. The van der Waals surface area contributed by atoms with Gasteiger partial charge < -0.3 is 9.47 Å². The Morgan fingerprint density at radius 3 is 2.70 bits per heavy atom. The summed E-state index contributed by atoms with van der Waals surface area (Å²) in [4.78, 5) is 22.8. The van der Waals surface area contributed by atoms with Crippen LogP contribution in [-0.4, -0.2) is 36.0 Å². The number of ether oxygens (including phenoxy) is 2. The monoisotopic (exact) mass is 294 g/mol. The first kappa shape index (κ1) is 13.4. The molecule has 0 radical (unpaired) electrons. The largest absolute Gasteiger partial charge is 0.456 e. The summed E-state index contributed by atoms with van der Waals surface area (Å²) < 4.78 is 60.8. The van der Waals surface area contributed by atoms with E-state index in [1.807, 2.05) is 0 Å². The maximum absolute atomic E-state index is 14.2. The highest BCUT2D eigenvalue weighted by molar-refractivity contribution is 5.89. The summed E-state index contributed by atoms with van der Waals surface area (Å²) in [6.45, 7) is 2.64. The van der Waals surface area contributed by atoms with E-state index in [9.17, 15) is 27.2 Å². The second kappa shape index (κ2) is 3.73. The molecule has 0 aromatic carbocycles. The number of alkyl halides is 4. The molecular formula is C12H10F4O4. The minimum absolute atomic E-state index is 0.177. The molecule has 2 bridgehead atoms. The third kappa shape index (κ3) is 1.59. The number of halogens is 4. The number of rotatable bonds is 2. The van der Waals surface area contributed by atoms with Crippen LogP contribution in [0.4, 0.5) is 17.6 Å². The lowest BCUT2D eigenvalue weighted by atomic mass is 9.85. The first-order valence-corrected chi connectivity index (χ1v) is 6.01. The van der Waals surface area contributed by atoms with Gasteiger partial charge in [-0.3, -0.25) is 0 Å². The summed E-state index contributed by atoms with van der Waals surface area (Å²) in [5, 5.41) is 0. The van der Waals surface area contributed by atoms with Crippen LogP contribution in [0.2, 0.25) is 0 Å². The first-order chi connectivity index (χ1) is 9.14. The van der Waals surface area contributed by atoms with Gasteiger partial charge in [-0.05, 0) is 12.8 Å². The Bertz CT molecular complexity index is 514. The molecule has 1 aliphatic heterocycles. The van der Waals surface area contributed by atoms with Crippen molar-refractivity contribution in [3.05, 3.63) is 12.2 Å². The van der Waals surface area contributed by atoms with E-state index in [0.717, 1.165) is 0 Å². The first-order valence-electron chi connectivity index (χ1n) is 6.01. The van der Waals surface area contributed by atoms with Crippen LogP contribution < -0.4 is 0 Å². The van der Waals surface area contributed by atoms with Gasteiger partial charge in [0, 0.05) is 11.8 Å². The SMILES string of the molecule is C=C(C(=O)OC1C2CC3C1OC(=O)C3(F)C2)C(F)(F)F. The number of hydrogen-bond acceptors (Lipinski definition) is 4. The molecule has 0 amide bonds. The van der Waals surface area contributed by atoms with Crippen molar-refractivity contribution >= 4 is 11.9 Å². The summed E-state index contributed by atoms with van der Waals surface area (Å²) >= 11 is 0. The Morgan fingerprint density at radius 1 is 1.45 bits per heavy atom. The quantitative estimate of drug-likeness (QED) is 0.442. The van der Waals surface area contributed by atoms with Gasteiger partial charge in [0.2, 0.25) is 5.67 Å². The van der Waals surface area contributed by atoms with Crippen molar-refractivity contribution in [2.45, 2.75) is 36.9 Å². The van der Waals surface area contributed by atoms with Crippen LogP contribution in [0.5, 0.6) is 0 Å². The fourth-order valence-corrected chi connectivity index (χ4v) is 3.35. The van der Waals surface area contributed by atoms with Crippen LogP contribution in [0.1, 0.15) is 12.8 Å². The molecule has 20 heavy (non-hydrogen) atoms. The molecule has 0 N–H and O–H groups in total. The van der Waals surface area contributed by atoms with Gasteiger partial charge in [-0.2, -0.15) is 13.2 Å². The van der Waals surface area contributed by atoms with E-state index >= 15 is 0 Å². The molecule has 4 nitrogen and oxygen atoms in total. The van der Waals surface area contributed by atoms with Crippen LogP contribution in [-0.2, 0) is 19.1 Å². The smallest absolute Gasteiger partial charge is 0.422 e. The highest BCUT2D eigenvalue weighted by Crippen LogP contribution is 2.59. The van der Waals surface area contributed by atoms with Gasteiger partial charge in [0.1, 0.15) is 17.8 Å². The zero-order valence-electron chi connectivity index (χ0n) is 10.1. The lowest BCUT2D eigenvalue weighted by Crippen LogP contribution is -2.42. The Balaban J connectivity index is 1.74. The predicted molar refractivity (Wildman–Crippen MR) is 55.0 cm³/mol. The lowest BCUT2D eigenvalue weighted by Gasteiger charge is -2.27. The minimum Gasteiger partial charge on any atom is -0.456 e. The molecule has 1 heterocycles. The van der Waals surface area contributed by atoms with E-state index in [1.165, 1.54) is 0 Å². The predicted octanol–water partition coefficient (Wildman–Crippen LogP) is 1.69. The zero-order chi connectivity index (χ0) is 14.9. The van der Waals surface area contributed by atoms with Crippen LogP contribution in [0, 0.1) is 11.8 Å². The van der Waals surface area contributed by atoms with Crippen molar-refractivity contribution < 1.29 is 36.6 Å². The van der Waals surface area contributed by atoms with Gasteiger partial charge in [-0.1, -0.05) is 6.58 Å². The standard InChI is InChI=1S/C12H10F4O4/c1-4(12(14,15)16)9(17)19-7-5-2-6-8(7)20-10(18)11(6,13)3-5/h5-8H,1-3H2. The number of esters is 2. The maximum atomic E-state index is 14.2. The highest BCUT2D eigenvalue weighted by atomic mass is 19.4. The third-order valence-corrected chi connectivity index (χ3v) is 4.30.